The van der Waals surface area contributed by atoms with Crippen molar-refractivity contribution in [2.75, 3.05) is 18.4 Å². The lowest BCUT2D eigenvalue weighted by molar-refractivity contribution is -0.121. The predicted octanol–water partition coefficient (Wildman–Crippen LogP) is 2.04. The highest BCUT2D eigenvalue weighted by Crippen LogP contribution is 2.26. The minimum atomic E-state index is -3.87. The van der Waals surface area contributed by atoms with Gasteiger partial charge in [0, 0.05) is 25.2 Å². The molecule has 2 amide bonds. The number of nitrogens with one attached hydrogen (secondary N) is 2. The van der Waals surface area contributed by atoms with Gasteiger partial charge in [0.1, 0.15) is 5.82 Å². The van der Waals surface area contributed by atoms with Gasteiger partial charge < -0.3 is 10.6 Å². The number of amides is 2. The van der Waals surface area contributed by atoms with Crippen molar-refractivity contribution < 1.29 is 22.4 Å². The fourth-order valence-electron chi connectivity index (χ4n) is 3.06. The van der Waals surface area contributed by atoms with Crippen molar-refractivity contribution >= 4 is 27.5 Å². The molecule has 3 rings (SSSR count). The molecule has 7 nitrogen and oxygen atoms in total. The molecule has 0 atom stereocenters. The van der Waals surface area contributed by atoms with Gasteiger partial charge >= 0.3 is 0 Å². The molecule has 0 saturated heterocycles. The van der Waals surface area contributed by atoms with Crippen molar-refractivity contribution in [1.82, 2.24) is 9.62 Å². The van der Waals surface area contributed by atoms with Gasteiger partial charge in [-0.25, -0.2) is 12.8 Å². The number of carbonyl (C=O) groups is 2. The second-order valence-corrected chi connectivity index (χ2v) is 8.64. The van der Waals surface area contributed by atoms with Gasteiger partial charge in [-0.05, 0) is 47.9 Å². The third-order valence-corrected chi connectivity index (χ3v) is 6.60. The quantitative estimate of drug-likeness (QED) is 0.718. The Balaban J connectivity index is 1.68. The van der Waals surface area contributed by atoms with Gasteiger partial charge in [0.05, 0.1) is 11.4 Å². The first kappa shape index (κ1) is 20.9. The van der Waals surface area contributed by atoms with Gasteiger partial charge in [-0.3, -0.25) is 9.59 Å². The Kier molecular flexibility index (Phi) is 6.29. The summed E-state index contributed by atoms with van der Waals surface area (Å²) in [7, 11) is -3.87. The second kappa shape index (κ2) is 8.71. The second-order valence-electron chi connectivity index (χ2n) is 6.70. The van der Waals surface area contributed by atoms with Crippen LogP contribution in [0.25, 0.3) is 0 Å². The van der Waals surface area contributed by atoms with Gasteiger partial charge in [-0.1, -0.05) is 19.1 Å². The number of hydrogen-bond acceptors (Lipinski definition) is 4. The summed E-state index contributed by atoms with van der Waals surface area (Å²) in [6.07, 6.45) is 0.772. The zero-order valence-electron chi connectivity index (χ0n) is 15.9. The van der Waals surface area contributed by atoms with Crippen LogP contribution >= 0.6 is 0 Å². The summed E-state index contributed by atoms with van der Waals surface area (Å²) in [5.74, 6) is -0.918. The molecule has 29 heavy (non-hydrogen) atoms. The number of hydrogen-bond donors (Lipinski definition) is 2. The number of halogens is 1. The fourth-order valence-corrected chi connectivity index (χ4v) is 4.51. The van der Waals surface area contributed by atoms with Crippen LogP contribution in [0.1, 0.15) is 24.5 Å². The standard InChI is InChI=1S/C20H22FN3O4S/c1-2-24(13-20(26)22-12-14-3-6-16(21)7-4-14)29(27,28)17-8-9-18-15(11-17)5-10-19(25)23-18/h3-4,6-9,11H,2,5,10,12-13H2,1H3,(H,22,26)(H,23,25). The first-order valence-corrected chi connectivity index (χ1v) is 10.7. The number of nitrogens with zero attached hydrogens (tertiary/aromatic N) is 1. The summed E-state index contributed by atoms with van der Waals surface area (Å²) in [6, 6.07) is 10.2. The molecule has 0 aliphatic carbocycles. The summed E-state index contributed by atoms with van der Waals surface area (Å²) in [6.45, 7) is 1.63. The number of benzene rings is 2. The van der Waals surface area contributed by atoms with Crippen LogP contribution in [0.3, 0.4) is 0 Å². The van der Waals surface area contributed by atoms with E-state index in [1.807, 2.05) is 0 Å². The molecule has 0 fully saturated rings. The predicted molar refractivity (Wildman–Crippen MR) is 106 cm³/mol. The molecule has 0 radical (unpaired) electrons. The average Bonchev–Trinajstić information content (AvgIpc) is 2.71. The Labute approximate surface area is 169 Å². The highest BCUT2D eigenvalue weighted by Gasteiger charge is 2.27. The van der Waals surface area contributed by atoms with Crippen LogP contribution in [-0.4, -0.2) is 37.6 Å². The molecule has 9 heteroatoms. The van der Waals surface area contributed by atoms with Crippen molar-refractivity contribution in [3.63, 3.8) is 0 Å². The van der Waals surface area contributed by atoms with E-state index in [0.29, 0.717) is 24.1 Å². The Morgan fingerprint density at radius 2 is 1.90 bits per heavy atom. The summed E-state index contributed by atoms with van der Waals surface area (Å²) >= 11 is 0. The third-order valence-electron chi connectivity index (χ3n) is 4.69. The molecule has 1 aliphatic rings. The van der Waals surface area contributed by atoms with E-state index < -0.39 is 15.9 Å². The smallest absolute Gasteiger partial charge is 0.243 e. The highest BCUT2D eigenvalue weighted by molar-refractivity contribution is 7.89. The van der Waals surface area contributed by atoms with E-state index >= 15 is 0 Å². The summed E-state index contributed by atoms with van der Waals surface area (Å²) < 4.78 is 40.0. The minimum Gasteiger partial charge on any atom is -0.351 e. The van der Waals surface area contributed by atoms with Gasteiger partial charge in [-0.2, -0.15) is 4.31 Å². The maximum Gasteiger partial charge on any atom is 0.243 e. The monoisotopic (exact) mass is 419 g/mol. The van der Waals surface area contributed by atoms with E-state index in [2.05, 4.69) is 10.6 Å². The van der Waals surface area contributed by atoms with E-state index in [1.54, 1.807) is 31.2 Å². The minimum absolute atomic E-state index is 0.0839. The molecule has 1 aliphatic heterocycles. The molecule has 0 spiro atoms. The van der Waals surface area contributed by atoms with E-state index in [4.69, 9.17) is 0 Å². The number of likely N-dealkylation sites (N-methyl/N-ethyl adjacent to an activating group) is 1. The lowest BCUT2D eigenvalue weighted by Gasteiger charge is -2.22. The molecular formula is C20H22FN3O4S. The molecule has 0 saturated carbocycles. The van der Waals surface area contributed by atoms with Crippen molar-refractivity contribution in [3.8, 4) is 0 Å². The van der Waals surface area contributed by atoms with Crippen LogP contribution in [0.4, 0.5) is 10.1 Å². The highest BCUT2D eigenvalue weighted by atomic mass is 32.2. The Bertz CT molecular complexity index is 1020. The molecule has 2 aromatic carbocycles. The van der Waals surface area contributed by atoms with E-state index in [9.17, 15) is 22.4 Å². The number of anilines is 1. The molecule has 0 aromatic heterocycles. The first-order valence-electron chi connectivity index (χ1n) is 9.23. The van der Waals surface area contributed by atoms with E-state index in [1.165, 1.54) is 18.2 Å². The molecule has 0 bridgehead atoms. The third kappa shape index (κ3) is 4.99. The Hall–Kier alpha value is -2.78. The zero-order valence-corrected chi connectivity index (χ0v) is 16.8. The normalized spacial score (nSPS) is 13.7. The molecule has 1 heterocycles. The lowest BCUT2D eigenvalue weighted by Crippen LogP contribution is -2.40. The molecule has 0 unspecified atom stereocenters. The van der Waals surface area contributed by atoms with Crippen molar-refractivity contribution in [3.05, 3.63) is 59.4 Å². The average molecular weight is 419 g/mol. The number of carbonyl (C=O) groups excluding carboxylic acids is 2. The maximum absolute atomic E-state index is 13.0. The summed E-state index contributed by atoms with van der Waals surface area (Å²) in [5.41, 5.74) is 2.07. The largest absolute Gasteiger partial charge is 0.351 e. The van der Waals surface area contributed by atoms with Gasteiger partial charge in [0.25, 0.3) is 0 Å². The van der Waals surface area contributed by atoms with Crippen LogP contribution in [0.5, 0.6) is 0 Å². The molecule has 2 aromatic rings. The van der Waals surface area contributed by atoms with Crippen LogP contribution in [-0.2, 0) is 32.6 Å². The summed E-state index contributed by atoms with van der Waals surface area (Å²) in [5, 5.41) is 5.36. The van der Waals surface area contributed by atoms with Crippen LogP contribution in [0.2, 0.25) is 0 Å². The molecular weight excluding hydrogens is 397 g/mol. The lowest BCUT2D eigenvalue weighted by atomic mass is 10.0. The first-order chi connectivity index (χ1) is 13.8. The molecule has 2 N–H and O–H groups in total. The summed E-state index contributed by atoms with van der Waals surface area (Å²) in [4.78, 5) is 23.8. The van der Waals surface area contributed by atoms with Crippen LogP contribution in [0.15, 0.2) is 47.4 Å². The maximum atomic E-state index is 13.0. The van der Waals surface area contributed by atoms with Gasteiger partial charge in [0.2, 0.25) is 21.8 Å². The van der Waals surface area contributed by atoms with Crippen molar-refractivity contribution in [1.29, 1.82) is 0 Å². The number of rotatable bonds is 7. The SMILES string of the molecule is CCN(CC(=O)NCc1ccc(F)cc1)S(=O)(=O)c1ccc2c(c1)CCC(=O)N2. The zero-order chi connectivity index (χ0) is 21.0. The molecule has 154 valence electrons. The number of fused-ring (bicyclic) bond motifs is 1. The van der Waals surface area contributed by atoms with Crippen LogP contribution < -0.4 is 10.6 Å². The van der Waals surface area contributed by atoms with Crippen molar-refractivity contribution in [2.45, 2.75) is 31.2 Å². The Morgan fingerprint density at radius 1 is 1.17 bits per heavy atom. The van der Waals surface area contributed by atoms with Gasteiger partial charge in [0.15, 0.2) is 0 Å². The van der Waals surface area contributed by atoms with E-state index in [0.717, 1.165) is 9.87 Å². The topological polar surface area (TPSA) is 95.6 Å². The van der Waals surface area contributed by atoms with Gasteiger partial charge in [-0.15, -0.1) is 0 Å². The fraction of sp³-hybridized carbons (Fsp3) is 0.300. The van der Waals surface area contributed by atoms with Crippen molar-refractivity contribution in [2.24, 2.45) is 0 Å². The van der Waals surface area contributed by atoms with E-state index in [-0.39, 0.29) is 36.3 Å². The number of aryl methyl sites for hydroxylation is 1. The Morgan fingerprint density at radius 3 is 2.59 bits per heavy atom. The number of sulfonamides is 1. The van der Waals surface area contributed by atoms with Crippen LogP contribution in [0, 0.1) is 5.82 Å².